The molecule has 4 heterocycles. The number of aryl methyl sites for hydroxylation is 2. The van der Waals surface area contributed by atoms with Crippen LogP contribution >= 0.6 is 0 Å². The molecule has 1 aliphatic heterocycles. The van der Waals surface area contributed by atoms with E-state index in [0.717, 1.165) is 66.6 Å². The van der Waals surface area contributed by atoms with Crippen LogP contribution in [0.15, 0.2) is 126 Å². The first-order chi connectivity index (χ1) is 27.8. The van der Waals surface area contributed by atoms with E-state index in [2.05, 4.69) is 173 Å². The van der Waals surface area contributed by atoms with Gasteiger partial charge in [-0.1, -0.05) is 95.6 Å². The number of benzene rings is 6. The molecule has 3 aromatic heterocycles. The van der Waals surface area contributed by atoms with E-state index in [1.165, 1.54) is 27.9 Å². The Bertz CT molecular complexity index is 3070. The van der Waals surface area contributed by atoms with E-state index in [0.29, 0.717) is 11.5 Å². The molecule has 6 aromatic carbocycles. The summed E-state index contributed by atoms with van der Waals surface area (Å²) >= 11 is 0. The van der Waals surface area contributed by atoms with Gasteiger partial charge in [-0.05, 0) is 82.6 Å². The molecule has 298 valence electrons. The molecule has 0 unspecified atom stereocenters. The van der Waals surface area contributed by atoms with Crippen LogP contribution < -0.4 is 14.5 Å². The van der Waals surface area contributed by atoms with Crippen LogP contribution in [0, 0.1) is 32.6 Å². The molecule has 0 amide bonds. The molecule has 1 aliphatic rings. The maximum absolute atomic E-state index is 6.64. The molecule has 59 heavy (non-hydrogen) atoms. The molecule has 0 atom stereocenters. The summed E-state index contributed by atoms with van der Waals surface area (Å²) in [6.45, 7) is 20.1. The van der Waals surface area contributed by atoms with Crippen LogP contribution in [0.3, 0.4) is 0 Å². The molecule has 0 saturated carbocycles. The smallest absolute Gasteiger partial charge is 0.137 e. The fraction of sp³-hybridized carbons (Fsp3) is 0.192. The molecule has 10 rings (SSSR count). The van der Waals surface area contributed by atoms with Crippen molar-refractivity contribution >= 4 is 66.5 Å². The number of fused-ring (bicyclic) bond motifs is 7. The van der Waals surface area contributed by atoms with E-state index >= 15 is 0 Å². The van der Waals surface area contributed by atoms with E-state index in [9.17, 15) is 0 Å². The Morgan fingerprint density at radius 2 is 1.31 bits per heavy atom. The van der Waals surface area contributed by atoms with Crippen molar-refractivity contribution in [2.75, 3.05) is 9.80 Å². The average Bonchev–Trinajstić information content (AvgIpc) is 3.85. The van der Waals surface area contributed by atoms with Gasteiger partial charge in [-0.2, -0.15) is 12.1 Å². The van der Waals surface area contributed by atoms with Crippen LogP contribution in [-0.2, 0) is 31.9 Å². The number of aromatic nitrogens is 2. The summed E-state index contributed by atoms with van der Waals surface area (Å²) < 4.78 is 15.2. The van der Waals surface area contributed by atoms with E-state index in [-0.39, 0.29) is 31.9 Å². The van der Waals surface area contributed by atoms with Crippen molar-refractivity contribution in [3.8, 4) is 17.3 Å². The summed E-state index contributed by atoms with van der Waals surface area (Å²) in [7, 11) is 0. The van der Waals surface area contributed by atoms with E-state index in [1.807, 2.05) is 36.5 Å². The zero-order valence-electron chi connectivity index (χ0n) is 34.5. The second-order valence-electron chi connectivity index (χ2n) is 17.6. The van der Waals surface area contributed by atoms with Crippen LogP contribution in [0.5, 0.6) is 11.5 Å². The van der Waals surface area contributed by atoms with E-state index in [4.69, 9.17) is 14.1 Å². The Kier molecular flexibility index (Phi) is 9.28. The molecule has 0 bridgehead atoms. The van der Waals surface area contributed by atoms with Gasteiger partial charge in [0.15, 0.2) is 0 Å². The second-order valence-corrected chi connectivity index (χ2v) is 17.6. The number of hydrogen-bond donors (Lipinski definition) is 0. The molecule has 0 spiro atoms. The minimum Gasteiger partial charge on any atom is -0.509 e. The molecular weight excluding hydrogens is 908 g/mol. The molecule has 0 aliphatic carbocycles. The molecule has 6 nitrogen and oxygen atoms in total. The Labute approximate surface area is 360 Å². The van der Waals surface area contributed by atoms with Crippen molar-refractivity contribution in [2.24, 2.45) is 0 Å². The quantitative estimate of drug-likeness (QED) is 0.161. The van der Waals surface area contributed by atoms with E-state index in [1.54, 1.807) is 0 Å². The van der Waals surface area contributed by atoms with Gasteiger partial charge >= 0.3 is 0 Å². The standard InChI is InChI=1S/C52H45N4O2.Pt/c1-32-24-35(52(6,7)8)25-33(2)50(32)55-31-54(43-17-10-11-18-44(43)55)36-14-13-15-37(27-36)57-38-20-21-39-41-29-42-40-16-9-12-19-47(40)58-48(42)30-46(41)56(45(39)28-38)49-26-34(22-23-53-49)51(3,4)5;/h9-26,29-31H,1-8H3;/q-3;. The fourth-order valence-electron chi connectivity index (χ4n) is 8.45. The van der Waals surface area contributed by atoms with Gasteiger partial charge in [0.1, 0.15) is 17.0 Å². The van der Waals surface area contributed by atoms with Crippen molar-refractivity contribution in [3.05, 3.63) is 163 Å². The third-order valence-electron chi connectivity index (χ3n) is 11.5. The van der Waals surface area contributed by atoms with Gasteiger partial charge < -0.3 is 23.5 Å². The third-order valence-corrected chi connectivity index (χ3v) is 11.5. The van der Waals surface area contributed by atoms with Gasteiger partial charge in [-0.15, -0.1) is 48.1 Å². The number of pyridine rings is 1. The minimum absolute atomic E-state index is 0. The van der Waals surface area contributed by atoms with Gasteiger partial charge in [0, 0.05) is 78.2 Å². The molecule has 7 heteroatoms. The first kappa shape index (κ1) is 38.7. The third kappa shape index (κ3) is 6.59. The van der Waals surface area contributed by atoms with Crippen molar-refractivity contribution < 1.29 is 30.2 Å². The monoisotopic (exact) mass is 952 g/mol. The van der Waals surface area contributed by atoms with Crippen LogP contribution in [0.4, 0.5) is 22.7 Å². The number of rotatable bonds is 5. The average molecular weight is 953 g/mol. The van der Waals surface area contributed by atoms with Gasteiger partial charge in [-0.25, -0.2) is 4.98 Å². The maximum Gasteiger partial charge on any atom is 0.137 e. The normalized spacial score (nSPS) is 13.2. The number of para-hydroxylation sites is 3. The zero-order chi connectivity index (χ0) is 40.1. The largest absolute Gasteiger partial charge is 0.509 e. The number of hydrogen-bond acceptors (Lipinski definition) is 5. The number of ether oxygens (including phenoxy) is 1. The molecule has 0 fully saturated rings. The minimum atomic E-state index is -0.0554. The van der Waals surface area contributed by atoms with Crippen LogP contribution in [0.25, 0.3) is 49.6 Å². The van der Waals surface area contributed by atoms with Gasteiger partial charge in [-0.3, -0.25) is 0 Å². The summed E-state index contributed by atoms with van der Waals surface area (Å²) in [6, 6.07) is 47.4. The number of furan rings is 1. The van der Waals surface area contributed by atoms with Crippen molar-refractivity contribution in [1.29, 1.82) is 0 Å². The van der Waals surface area contributed by atoms with Crippen molar-refractivity contribution in [1.82, 2.24) is 9.55 Å². The maximum atomic E-state index is 6.64. The Morgan fingerprint density at radius 3 is 2.05 bits per heavy atom. The first-order valence-electron chi connectivity index (χ1n) is 19.9. The summed E-state index contributed by atoms with van der Waals surface area (Å²) in [6.07, 6.45) is 1.90. The number of anilines is 4. The Hall–Kier alpha value is -5.84. The predicted octanol–water partition coefficient (Wildman–Crippen LogP) is 14.1. The first-order valence-corrected chi connectivity index (χ1v) is 19.9. The Morgan fingerprint density at radius 1 is 0.610 bits per heavy atom. The zero-order valence-corrected chi connectivity index (χ0v) is 36.8. The van der Waals surface area contributed by atoms with Gasteiger partial charge in [0.25, 0.3) is 0 Å². The van der Waals surface area contributed by atoms with Crippen molar-refractivity contribution in [3.63, 3.8) is 0 Å². The number of nitrogens with zero attached hydrogens (tertiary/aromatic N) is 4. The fourth-order valence-corrected chi connectivity index (χ4v) is 8.45. The summed E-state index contributed by atoms with van der Waals surface area (Å²) in [5.41, 5.74) is 12.9. The Balaban J connectivity index is 0.00000449. The molecule has 0 saturated heterocycles. The van der Waals surface area contributed by atoms with E-state index < -0.39 is 0 Å². The van der Waals surface area contributed by atoms with Gasteiger partial charge in [0.05, 0.1) is 0 Å². The SMILES string of the molecule is Cc1cc(C(C)(C)C)cc(C)c1N1[CH-]N(c2[c-]c(Oc3[c-]c4c(cc3)c3cc5c(cc3n4-c3cc(C(C)(C)C)ccn3)oc3ccccc35)ccc2)c2ccccc21.[Pt]. The van der Waals surface area contributed by atoms with Gasteiger partial charge in [0.2, 0.25) is 0 Å². The predicted molar refractivity (Wildman–Crippen MR) is 238 cm³/mol. The second kappa shape index (κ2) is 14.2. The van der Waals surface area contributed by atoms with Crippen LogP contribution in [-0.4, -0.2) is 9.55 Å². The summed E-state index contributed by atoms with van der Waals surface area (Å²) in [4.78, 5) is 9.41. The van der Waals surface area contributed by atoms with Crippen LogP contribution in [0.2, 0.25) is 0 Å². The van der Waals surface area contributed by atoms with Crippen molar-refractivity contribution in [2.45, 2.75) is 66.2 Å². The summed E-state index contributed by atoms with van der Waals surface area (Å²) in [5, 5.41) is 4.33. The molecule has 9 aromatic rings. The molecule has 0 radical (unpaired) electrons. The van der Waals surface area contributed by atoms with Crippen LogP contribution in [0.1, 0.15) is 63.8 Å². The summed E-state index contributed by atoms with van der Waals surface area (Å²) in [5.74, 6) is 2.00. The molecule has 0 N–H and O–H groups in total. The topological polar surface area (TPSA) is 46.7 Å². The molecular formula is C52H45N4O2Pt-3.